The summed E-state index contributed by atoms with van der Waals surface area (Å²) in [6, 6.07) is 0.170. The Labute approximate surface area is 91.5 Å². The highest BCUT2D eigenvalue weighted by molar-refractivity contribution is 7.89. The Hall–Kier alpha value is 0.200. The standard InChI is InChI=1S/C9H18ClNO2S/c1-9-5-2-3-7-11(9)14(12,13)8-4-6-10/h9H,2-8H2,1H3. The maximum atomic E-state index is 11.8. The molecule has 0 aromatic rings. The Bertz CT molecular complexity index is 266. The van der Waals surface area contributed by atoms with Crippen LogP contribution in [0, 0.1) is 0 Å². The molecule has 0 bridgehead atoms. The van der Waals surface area contributed by atoms with E-state index in [1.807, 2.05) is 6.92 Å². The van der Waals surface area contributed by atoms with Crippen molar-refractivity contribution in [3.8, 4) is 0 Å². The van der Waals surface area contributed by atoms with Crippen molar-refractivity contribution >= 4 is 21.6 Å². The highest BCUT2D eigenvalue weighted by Crippen LogP contribution is 2.20. The summed E-state index contributed by atoms with van der Waals surface area (Å²) in [5.41, 5.74) is 0. The lowest BCUT2D eigenvalue weighted by molar-refractivity contribution is 0.268. The number of piperidine rings is 1. The molecule has 1 atom stereocenters. The molecule has 0 radical (unpaired) electrons. The maximum absolute atomic E-state index is 11.8. The van der Waals surface area contributed by atoms with Gasteiger partial charge in [0.1, 0.15) is 0 Å². The minimum atomic E-state index is -3.05. The van der Waals surface area contributed by atoms with Crippen molar-refractivity contribution < 1.29 is 8.42 Å². The summed E-state index contributed by atoms with van der Waals surface area (Å²) in [6.45, 7) is 2.67. The van der Waals surface area contributed by atoms with Gasteiger partial charge in [0.15, 0.2) is 0 Å². The Morgan fingerprint density at radius 1 is 1.43 bits per heavy atom. The van der Waals surface area contributed by atoms with Gasteiger partial charge in [0.25, 0.3) is 0 Å². The van der Waals surface area contributed by atoms with Crippen LogP contribution < -0.4 is 0 Å². The topological polar surface area (TPSA) is 37.4 Å². The largest absolute Gasteiger partial charge is 0.214 e. The second kappa shape index (κ2) is 5.33. The highest BCUT2D eigenvalue weighted by atomic mass is 35.5. The normalized spacial score (nSPS) is 25.1. The minimum absolute atomic E-state index is 0.170. The Kier molecular flexibility index (Phi) is 4.67. The van der Waals surface area contributed by atoms with Gasteiger partial charge in [-0.15, -0.1) is 11.6 Å². The summed E-state index contributed by atoms with van der Waals surface area (Å²) >= 11 is 5.50. The zero-order valence-electron chi connectivity index (χ0n) is 8.58. The van der Waals surface area contributed by atoms with Crippen molar-refractivity contribution in [1.29, 1.82) is 0 Å². The molecule has 0 N–H and O–H groups in total. The third kappa shape index (κ3) is 3.11. The first kappa shape index (κ1) is 12.3. The zero-order chi connectivity index (χ0) is 10.6. The van der Waals surface area contributed by atoms with Gasteiger partial charge < -0.3 is 0 Å². The predicted octanol–water partition coefficient (Wildman–Crippen LogP) is 1.82. The third-order valence-corrected chi connectivity index (χ3v) is 4.96. The van der Waals surface area contributed by atoms with E-state index < -0.39 is 10.0 Å². The summed E-state index contributed by atoms with van der Waals surface area (Å²) in [5.74, 6) is 0.613. The van der Waals surface area contributed by atoms with E-state index in [9.17, 15) is 8.42 Å². The van der Waals surface area contributed by atoms with Gasteiger partial charge in [0.05, 0.1) is 5.75 Å². The van der Waals surface area contributed by atoms with Crippen LogP contribution in [0.25, 0.3) is 0 Å². The molecule has 3 nitrogen and oxygen atoms in total. The first-order chi connectivity index (χ1) is 6.58. The first-order valence-corrected chi connectivity index (χ1v) is 7.28. The fourth-order valence-electron chi connectivity index (χ4n) is 1.84. The van der Waals surface area contributed by atoms with E-state index in [0.29, 0.717) is 18.8 Å². The fourth-order valence-corrected chi connectivity index (χ4v) is 3.94. The monoisotopic (exact) mass is 239 g/mol. The summed E-state index contributed by atoms with van der Waals surface area (Å²) in [4.78, 5) is 0. The molecule has 1 saturated heterocycles. The summed E-state index contributed by atoms with van der Waals surface area (Å²) < 4.78 is 25.3. The lowest BCUT2D eigenvalue weighted by Crippen LogP contribution is -2.43. The van der Waals surface area contributed by atoms with E-state index in [1.54, 1.807) is 4.31 Å². The molecule has 0 saturated carbocycles. The van der Waals surface area contributed by atoms with Crippen LogP contribution in [0.4, 0.5) is 0 Å². The van der Waals surface area contributed by atoms with Crippen LogP contribution in [0.1, 0.15) is 32.6 Å². The Morgan fingerprint density at radius 3 is 2.71 bits per heavy atom. The molecule has 0 spiro atoms. The lowest BCUT2D eigenvalue weighted by atomic mass is 10.1. The second-order valence-corrected chi connectivity index (χ2v) is 6.23. The van der Waals surface area contributed by atoms with Gasteiger partial charge in [0.2, 0.25) is 10.0 Å². The molecule has 1 unspecified atom stereocenters. The number of rotatable bonds is 4. The molecule has 14 heavy (non-hydrogen) atoms. The first-order valence-electron chi connectivity index (χ1n) is 5.13. The third-order valence-electron chi connectivity index (χ3n) is 2.64. The van der Waals surface area contributed by atoms with Gasteiger partial charge >= 0.3 is 0 Å². The molecule has 1 heterocycles. The number of hydrogen-bond donors (Lipinski definition) is 0. The highest BCUT2D eigenvalue weighted by Gasteiger charge is 2.28. The smallest absolute Gasteiger partial charge is 0.212 e. The molecule has 1 fully saturated rings. The molecule has 1 aliphatic heterocycles. The predicted molar refractivity (Wildman–Crippen MR) is 59.1 cm³/mol. The fraction of sp³-hybridized carbons (Fsp3) is 1.00. The van der Waals surface area contributed by atoms with Crippen molar-refractivity contribution in [2.45, 2.75) is 38.6 Å². The SMILES string of the molecule is CC1CCCCN1S(=O)(=O)CCCCl. The van der Waals surface area contributed by atoms with Gasteiger partial charge in [0, 0.05) is 18.5 Å². The van der Waals surface area contributed by atoms with E-state index >= 15 is 0 Å². The summed E-state index contributed by atoms with van der Waals surface area (Å²) in [6.07, 6.45) is 3.67. The molecule has 0 aromatic carbocycles. The van der Waals surface area contributed by atoms with E-state index in [1.165, 1.54) is 0 Å². The zero-order valence-corrected chi connectivity index (χ0v) is 10.1. The minimum Gasteiger partial charge on any atom is -0.212 e. The van der Waals surface area contributed by atoms with Crippen LogP contribution in [-0.4, -0.2) is 36.9 Å². The number of sulfonamides is 1. The van der Waals surface area contributed by atoms with Gasteiger partial charge in [-0.3, -0.25) is 0 Å². The van der Waals surface area contributed by atoms with Gasteiger partial charge in [-0.25, -0.2) is 8.42 Å². The number of halogens is 1. The van der Waals surface area contributed by atoms with Crippen molar-refractivity contribution in [3.05, 3.63) is 0 Å². The van der Waals surface area contributed by atoms with Crippen LogP contribution >= 0.6 is 11.6 Å². The quantitative estimate of drug-likeness (QED) is 0.702. The summed E-state index contributed by atoms with van der Waals surface area (Å²) in [7, 11) is -3.05. The van der Waals surface area contributed by atoms with Crippen LogP contribution in [0.5, 0.6) is 0 Å². The van der Waals surface area contributed by atoms with Crippen LogP contribution in [0.2, 0.25) is 0 Å². The average molecular weight is 240 g/mol. The lowest BCUT2D eigenvalue weighted by Gasteiger charge is -2.32. The van der Waals surface area contributed by atoms with Gasteiger partial charge in [-0.1, -0.05) is 6.42 Å². The maximum Gasteiger partial charge on any atom is 0.214 e. The Morgan fingerprint density at radius 2 is 2.14 bits per heavy atom. The van der Waals surface area contributed by atoms with Crippen molar-refractivity contribution in [3.63, 3.8) is 0 Å². The molecule has 84 valence electrons. The number of alkyl halides is 1. The van der Waals surface area contributed by atoms with Crippen molar-refractivity contribution in [2.24, 2.45) is 0 Å². The van der Waals surface area contributed by atoms with E-state index in [2.05, 4.69) is 0 Å². The molecule has 0 aromatic heterocycles. The number of hydrogen-bond acceptors (Lipinski definition) is 2. The Balaban J connectivity index is 2.60. The molecule has 5 heteroatoms. The van der Waals surface area contributed by atoms with Gasteiger partial charge in [-0.2, -0.15) is 4.31 Å². The average Bonchev–Trinajstić information content (AvgIpc) is 2.15. The van der Waals surface area contributed by atoms with E-state index in [-0.39, 0.29) is 11.8 Å². The molecular weight excluding hydrogens is 222 g/mol. The van der Waals surface area contributed by atoms with Crippen LogP contribution in [0.3, 0.4) is 0 Å². The molecule has 0 aliphatic carbocycles. The molecule has 1 aliphatic rings. The van der Waals surface area contributed by atoms with Crippen LogP contribution in [-0.2, 0) is 10.0 Å². The molecule has 0 amide bonds. The van der Waals surface area contributed by atoms with Crippen molar-refractivity contribution in [1.82, 2.24) is 4.31 Å². The van der Waals surface area contributed by atoms with Crippen LogP contribution in [0.15, 0.2) is 0 Å². The van der Waals surface area contributed by atoms with E-state index in [0.717, 1.165) is 19.3 Å². The second-order valence-electron chi connectivity index (χ2n) is 3.81. The van der Waals surface area contributed by atoms with Crippen molar-refractivity contribution in [2.75, 3.05) is 18.2 Å². The molecule has 1 rings (SSSR count). The summed E-state index contributed by atoms with van der Waals surface area (Å²) in [5, 5.41) is 0. The molecular formula is C9H18ClNO2S. The van der Waals surface area contributed by atoms with E-state index in [4.69, 9.17) is 11.6 Å². The van der Waals surface area contributed by atoms with Gasteiger partial charge in [-0.05, 0) is 26.2 Å². The number of nitrogens with zero attached hydrogens (tertiary/aromatic N) is 1.